The number of amidine groups is 1. The van der Waals surface area contributed by atoms with E-state index in [0.29, 0.717) is 5.84 Å². The van der Waals surface area contributed by atoms with Crippen LogP contribution >= 0.6 is 11.3 Å². The molecule has 1 aromatic rings. The van der Waals surface area contributed by atoms with Crippen LogP contribution in [0, 0.1) is 0 Å². The topological polar surface area (TPSA) is 51.3 Å². The highest BCUT2D eigenvalue weighted by Gasteiger charge is 2.08. The van der Waals surface area contributed by atoms with Crippen molar-refractivity contribution in [1.82, 2.24) is 4.98 Å². The normalized spacial score (nSPS) is 12.1. The van der Waals surface area contributed by atoms with Crippen LogP contribution in [0.4, 0.5) is 5.13 Å². The molecule has 0 amide bonds. The van der Waals surface area contributed by atoms with Crippen molar-refractivity contribution in [2.24, 2.45) is 10.7 Å². The van der Waals surface area contributed by atoms with Crippen LogP contribution in [0.25, 0.3) is 0 Å². The van der Waals surface area contributed by atoms with Gasteiger partial charge in [0.05, 0.1) is 11.5 Å². The number of thiazole rings is 1. The second kappa shape index (κ2) is 5.85. The van der Waals surface area contributed by atoms with Gasteiger partial charge in [-0.1, -0.05) is 38.0 Å². The van der Waals surface area contributed by atoms with Gasteiger partial charge in [0.15, 0.2) is 0 Å². The monoisotopic (exact) mass is 225 g/mol. The first-order valence-corrected chi connectivity index (χ1v) is 6.28. The van der Waals surface area contributed by atoms with Crippen molar-refractivity contribution >= 4 is 22.3 Å². The number of hydrogen-bond acceptors (Lipinski definition) is 3. The Bertz CT molecular complexity index is 314. The molecule has 1 rings (SSSR count). The van der Waals surface area contributed by atoms with Crippen LogP contribution in [0.1, 0.15) is 44.2 Å². The Morgan fingerprint density at radius 1 is 1.33 bits per heavy atom. The van der Waals surface area contributed by atoms with Gasteiger partial charge in [-0.05, 0) is 19.8 Å². The van der Waals surface area contributed by atoms with E-state index in [0.717, 1.165) is 30.8 Å². The van der Waals surface area contributed by atoms with Crippen LogP contribution in [0.15, 0.2) is 4.99 Å². The number of aromatic nitrogens is 1. The molecule has 2 N–H and O–H groups in total. The van der Waals surface area contributed by atoms with E-state index >= 15 is 0 Å². The van der Waals surface area contributed by atoms with E-state index in [1.54, 1.807) is 18.3 Å². The number of aliphatic imine (C=N–C) groups is 1. The fourth-order valence-electron chi connectivity index (χ4n) is 1.42. The van der Waals surface area contributed by atoms with Gasteiger partial charge in [0.25, 0.3) is 0 Å². The first-order chi connectivity index (χ1) is 7.17. The molecule has 0 aliphatic carbocycles. The highest BCUT2D eigenvalue weighted by Crippen LogP contribution is 2.27. The lowest BCUT2D eigenvalue weighted by Crippen LogP contribution is -2.03. The quantitative estimate of drug-likeness (QED) is 0.618. The Morgan fingerprint density at radius 2 is 2.00 bits per heavy atom. The Morgan fingerprint density at radius 3 is 2.53 bits per heavy atom. The van der Waals surface area contributed by atoms with Crippen LogP contribution < -0.4 is 5.73 Å². The summed E-state index contributed by atoms with van der Waals surface area (Å²) < 4.78 is 0. The molecule has 0 unspecified atom stereocenters. The molecule has 0 bridgehead atoms. The summed E-state index contributed by atoms with van der Waals surface area (Å²) in [7, 11) is 0. The lowest BCUT2D eigenvalue weighted by Gasteiger charge is -1.96. The van der Waals surface area contributed by atoms with Gasteiger partial charge in [-0.3, -0.25) is 0 Å². The van der Waals surface area contributed by atoms with Crippen LogP contribution in [0.2, 0.25) is 0 Å². The molecule has 0 saturated carbocycles. The molecular formula is C11H19N3S. The standard InChI is InChI=1S/C11H19N3S/c1-4-6-9-10(7-5-2)15-11(14-9)13-8(3)12/h4-7H2,1-3H3,(H2,12,13,14). The van der Waals surface area contributed by atoms with Gasteiger partial charge in [-0.15, -0.1) is 0 Å². The highest BCUT2D eigenvalue weighted by atomic mass is 32.1. The van der Waals surface area contributed by atoms with Crippen molar-refractivity contribution in [2.45, 2.75) is 46.5 Å². The minimum absolute atomic E-state index is 0.579. The second-order valence-corrected chi connectivity index (χ2v) is 4.68. The Labute approximate surface area is 95.4 Å². The maximum Gasteiger partial charge on any atom is 0.211 e. The number of nitrogens with two attached hydrogens (primary N) is 1. The maximum atomic E-state index is 5.55. The molecule has 0 atom stereocenters. The van der Waals surface area contributed by atoms with Crippen LogP contribution in [0.5, 0.6) is 0 Å². The Hall–Kier alpha value is -0.900. The van der Waals surface area contributed by atoms with Crippen molar-refractivity contribution in [3.05, 3.63) is 10.6 Å². The van der Waals surface area contributed by atoms with Gasteiger partial charge in [-0.2, -0.15) is 0 Å². The van der Waals surface area contributed by atoms with Crippen molar-refractivity contribution in [2.75, 3.05) is 0 Å². The van der Waals surface area contributed by atoms with Gasteiger partial charge >= 0.3 is 0 Å². The molecule has 0 fully saturated rings. The summed E-state index contributed by atoms with van der Waals surface area (Å²) >= 11 is 1.67. The number of nitrogens with zero attached hydrogens (tertiary/aromatic N) is 2. The van der Waals surface area contributed by atoms with E-state index in [4.69, 9.17) is 5.73 Å². The summed E-state index contributed by atoms with van der Waals surface area (Å²) in [6, 6.07) is 0. The molecule has 3 nitrogen and oxygen atoms in total. The number of aryl methyl sites for hydroxylation is 2. The third kappa shape index (κ3) is 3.63. The highest BCUT2D eigenvalue weighted by molar-refractivity contribution is 7.15. The number of rotatable bonds is 5. The molecule has 4 heteroatoms. The van der Waals surface area contributed by atoms with E-state index in [1.165, 1.54) is 10.6 Å². The molecule has 1 aromatic heterocycles. The molecule has 0 aromatic carbocycles. The molecule has 0 aliphatic heterocycles. The molecule has 0 saturated heterocycles. The summed E-state index contributed by atoms with van der Waals surface area (Å²) in [5, 5.41) is 0.807. The minimum atomic E-state index is 0.579. The predicted octanol–water partition coefficient (Wildman–Crippen LogP) is 3.06. The van der Waals surface area contributed by atoms with E-state index in [2.05, 4.69) is 23.8 Å². The molecule has 0 spiro atoms. The maximum absolute atomic E-state index is 5.55. The Balaban J connectivity index is 2.92. The second-order valence-electron chi connectivity index (χ2n) is 3.62. The van der Waals surface area contributed by atoms with Gasteiger partial charge in [0.2, 0.25) is 5.13 Å². The van der Waals surface area contributed by atoms with Gasteiger partial charge in [0.1, 0.15) is 0 Å². The number of hydrogen-bond donors (Lipinski definition) is 1. The Kier molecular flexibility index (Phi) is 4.75. The van der Waals surface area contributed by atoms with E-state index < -0.39 is 0 Å². The lowest BCUT2D eigenvalue weighted by atomic mass is 10.2. The van der Waals surface area contributed by atoms with Gasteiger partial charge in [0, 0.05) is 4.88 Å². The molecule has 15 heavy (non-hydrogen) atoms. The molecular weight excluding hydrogens is 206 g/mol. The van der Waals surface area contributed by atoms with E-state index in [9.17, 15) is 0 Å². The van der Waals surface area contributed by atoms with Crippen LogP contribution in [-0.2, 0) is 12.8 Å². The molecule has 84 valence electrons. The van der Waals surface area contributed by atoms with E-state index in [1.807, 2.05) is 0 Å². The van der Waals surface area contributed by atoms with Crippen LogP contribution in [0.3, 0.4) is 0 Å². The molecule has 0 aliphatic rings. The third-order valence-corrected chi connectivity index (χ3v) is 3.05. The predicted molar refractivity (Wildman–Crippen MR) is 67.1 cm³/mol. The lowest BCUT2D eigenvalue weighted by molar-refractivity contribution is 0.851. The zero-order valence-corrected chi connectivity index (χ0v) is 10.5. The average molecular weight is 225 g/mol. The largest absolute Gasteiger partial charge is 0.387 e. The summed E-state index contributed by atoms with van der Waals surface area (Å²) in [6.07, 6.45) is 4.44. The van der Waals surface area contributed by atoms with E-state index in [-0.39, 0.29) is 0 Å². The SMILES string of the molecule is CCCc1nc(N=C(C)N)sc1CCC. The molecule has 1 heterocycles. The average Bonchev–Trinajstić information content (AvgIpc) is 2.48. The zero-order valence-electron chi connectivity index (χ0n) is 9.71. The van der Waals surface area contributed by atoms with Crippen molar-refractivity contribution < 1.29 is 0 Å². The fraction of sp³-hybridized carbons (Fsp3) is 0.636. The summed E-state index contributed by atoms with van der Waals surface area (Å²) in [4.78, 5) is 10.1. The first kappa shape index (κ1) is 12.2. The smallest absolute Gasteiger partial charge is 0.211 e. The van der Waals surface area contributed by atoms with Crippen molar-refractivity contribution in [3.63, 3.8) is 0 Å². The van der Waals surface area contributed by atoms with Crippen molar-refractivity contribution in [3.8, 4) is 0 Å². The summed E-state index contributed by atoms with van der Waals surface area (Å²) in [6.45, 7) is 6.15. The zero-order chi connectivity index (χ0) is 11.3. The molecule has 0 radical (unpaired) electrons. The van der Waals surface area contributed by atoms with Crippen LogP contribution in [-0.4, -0.2) is 10.8 Å². The fourth-order valence-corrected chi connectivity index (χ4v) is 2.56. The first-order valence-electron chi connectivity index (χ1n) is 5.46. The minimum Gasteiger partial charge on any atom is -0.387 e. The van der Waals surface area contributed by atoms with Gasteiger partial charge in [-0.25, -0.2) is 9.98 Å². The third-order valence-electron chi connectivity index (χ3n) is 2.00. The summed E-state index contributed by atoms with van der Waals surface area (Å²) in [5.74, 6) is 0.579. The van der Waals surface area contributed by atoms with Crippen molar-refractivity contribution in [1.29, 1.82) is 0 Å². The van der Waals surface area contributed by atoms with Gasteiger partial charge < -0.3 is 5.73 Å². The summed E-state index contributed by atoms with van der Waals surface area (Å²) in [5.41, 5.74) is 6.76.